The molecule has 0 aromatic rings. The number of β-amino-alcohol motifs (C(OH)–C–C–N with tert-alkyl or cyclic N) is 1. The maximum Gasteiger partial charge on any atom is 0.247 e. The second kappa shape index (κ2) is 9.82. The molecule has 3 heterocycles. The molecule has 0 aromatic heterocycles. The summed E-state index contributed by atoms with van der Waals surface area (Å²) >= 11 is 1.67. The van der Waals surface area contributed by atoms with E-state index in [9.17, 15) is 19.5 Å². The molecule has 7 nitrogen and oxygen atoms in total. The molecular formula is C25H39N3O4S. The third kappa shape index (κ3) is 4.03. The minimum Gasteiger partial charge on any atom is -0.395 e. The predicted octanol–water partition coefficient (Wildman–Crippen LogP) is 2.31. The molecule has 0 radical (unpaired) electrons. The molecule has 3 aliphatic rings. The highest BCUT2D eigenvalue weighted by Crippen LogP contribution is 2.71. The summed E-state index contributed by atoms with van der Waals surface area (Å²) < 4.78 is -1.05. The summed E-state index contributed by atoms with van der Waals surface area (Å²) in [5, 5.41) is 9.75. The van der Waals surface area contributed by atoms with E-state index in [2.05, 4.69) is 20.1 Å². The van der Waals surface area contributed by atoms with Crippen molar-refractivity contribution in [2.45, 2.75) is 68.5 Å². The van der Waals surface area contributed by atoms with Crippen molar-refractivity contribution in [1.82, 2.24) is 14.7 Å². The van der Waals surface area contributed by atoms with Crippen LogP contribution >= 0.6 is 11.8 Å². The van der Waals surface area contributed by atoms with Gasteiger partial charge in [0, 0.05) is 37.0 Å². The van der Waals surface area contributed by atoms with Crippen LogP contribution in [0.2, 0.25) is 0 Å². The van der Waals surface area contributed by atoms with Crippen molar-refractivity contribution in [3.05, 3.63) is 25.3 Å². The smallest absolute Gasteiger partial charge is 0.247 e. The lowest BCUT2D eigenvalue weighted by atomic mass is 9.66. The largest absolute Gasteiger partial charge is 0.395 e. The number of aliphatic hydroxyl groups excluding tert-OH is 1. The van der Waals surface area contributed by atoms with Crippen LogP contribution in [0.15, 0.2) is 25.3 Å². The van der Waals surface area contributed by atoms with Gasteiger partial charge in [-0.05, 0) is 40.0 Å². The Morgan fingerprint density at radius 2 is 1.91 bits per heavy atom. The normalized spacial score (nSPS) is 32.2. The lowest BCUT2D eigenvalue weighted by molar-refractivity contribution is -0.146. The fourth-order valence-corrected chi connectivity index (χ4v) is 8.54. The number of fused-ring (bicyclic) bond motifs is 1. The highest BCUT2D eigenvalue weighted by atomic mass is 32.2. The first-order chi connectivity index (χ1) is 15.6. The van der Waals surface area contributed by atoms with Gasteiger partial charge in [-0.2, -0.15) is 0 Å². The molecule has 2 unspecified atom stereocenters. The molecule has 3 rings (SSSR count). The quantitative estimate of drug-likeness (QED) is 0.462. The third-order valence-corrected chi connectivity index (χ3v) is 9.49. The molecule has 1 spiro atoms. The molecule has 5 atom stereocenters. The Labute approximate surface area is 202 Å². The first-order valence-corrected chi connectivity index (χ1v) is 12.9. The van der Waals surface area contributed by atoms with Crippen LogP contribution in [0, 0.1) is 11.8 Å². The van der Waals surface area contributed by atoms with E-state index in [1.807, 2.05) is 20.8 Å². The number of nitrogens with zero attached hydrogens (tertiary/aromatic N) is 3. The Balaban J connectivity index is 2.07. The molecule has 0 aliphatic carbocycles. The average molecular weight is 478 g/mol. The molecule has 2 bridgehead atoms. The SMILES string of the molecule is C=CCN(CCC)C(=O)[C@@H]1[C@H]2C(=O)N(CCO)C(C(=O)N(CC=C)C(C)C)C23CC[C@@]1(C)S3. The van der Waals surface area contributed by atoms with Crippen LogP contribution in [0.1, 0.15) is 47.0 Å². The minimum absolute atomic E-state index is 0.0180. The summed E-state index contributed by atoms with van der Waals surface area (Å²) in [6.07, 6.45) is 5.74. The van der Waals surface area contributed by atoms with Gasteiger partial charge in [0.1, 0.15) is 6.04 Å². The van der Waals surface area contributed by atoms with Crippen molar-refractivity contribution in [3.8, 4) is 0 Å². The lowest BCUT2D eigenvalue weighted by Gasteiger charge is -2.39. The van der Waals surface area contributed by atoms with Gasteiger partial charge < -0.3 is 19.8 Å². The van der Waals surface area contributed by atoms with Crippen molar-refractivity contribution in [2.24, 2.45) is 11.8 Å². The molecule has 0 aromatic carbocycles. The molecule has 8 heteroatoms. The van der Waals surface area contributed by atoms with E-state index < -0.39 is 27.4 Å². The van der Waals surface area contributed by atoms with Crippen molar-refractivity contribution in [3.63, 3.8) is 0 Å². The first-order valence-electron chi connectivity index (χ1n) is 12.1. The summed E-state index contributed by atoms with van der Waals surface area (Å²) in [4.78, 5) is 46.7. The monoisotopic (exact) mass is 477 g/mol. The van der Waals surface area contributed by atoms with Crippen molar-refractivity contribution < 1.29 is 19.5 Å². The number of carbonyl (C=O) groups excluding carboxylic acids is 3. The van der Waals surface area contributed by atoms with Crippen LogP contribution < -0.4 is 0 Å². The first kappa shape index (κ1) is 25.8. The van der Waals surface area contributed by atoms with E-state index in [1.54, 1.807) is 38.6 Å². The molecule has 33 heavy (non-hydrogen) atoms. The van der Waals surface area contributed by atoms with Gasteiger partial charge in [-0.15, -0.1) is 24.9 Å². The molecular weight excluding hydrogens is 438 g/mol. The van der Waals surface area contributed by atoms with E-state index in [-0.39, 0.29) is 36.9 Å². The highest BCUT2D eigenvalue weighted by Gasteiger charge is 2.77. The van der Waals surface area contributed by atoms with Crippen LogP contribution in [0.4, 0.5) is 0 Å². The Morgan fingerprint density at radius 3 is 2.45 bits per heavy atom. The molecule has 3 fully saturated rings. The molecule has 3 saturated heterocycles. The number of likely N-dealkylation sites (tertiary alicyclic amines) is 1. The van der Waals surface area contributed by atoms with Gasteiger partial charge in [-0.3, -0.25) is 14.4 Å². The van der Waals surface area contributed by atoms with Gasteiger partial charge in [0.25, 0.3) is 0 Å². The molecule has 1 N–H and O–H groups in total. The molecule has 0 saturated carbocycles. The number of rotatable bonds is 11. The predicted molar refractivity (Wildman–Crippen MR) is 132 cm³/mol. The zero-order valence-electron chi connectivity index (χ0n) is 20.5. The van der Waals surface area contributed by atoms with Crippen LogP contribution in [-0.2, 0) is 14.4 Å². The van der Waals surface area contributed by atoms with Gasteiger partial charge in [0.2, 0.25) is 17.7 Å². The number of aliphatic hydroxyl groups is 1. The van der Waals surface area contributed by atoms with E-state index in [1.165, 1.54) is 0 Å². The number of thioether (sulfide) groups is 1. The fraction of sp³-hybridized carbons (Fsp3) is 0.720. The lowest BCUT2D eigenvalue weighted by Crippen LogP contribution is -2.56. The van der Waals surface area contributed by atoms with Gasteiger partial charge in [0.05, 0.1) is 23.2 Å². The van der Waals surface area contributed by atoms with Crippen molar-refractivity contribution in [2.75, 3.05) is 32.8 Å². The van der Waals surface area contributed by atoms with Crippen LogP contribution in [0.3, 0.4) is 0 Å². The maximum atomic E-state index is 13.9. The van der Waals surface area contributed by atoms with Gasteiger partial charge >= 0.3 is 0 Å². The number of hydrogen-bond donors (Lipinski definition) is 1. The summed E-state index contributed by atoms with van der Waals surface area (Å²) in [5.74, 6) is -1.35. The zero-order chi connectivity index (χ0) is 24.6. The second-order valence-electron chi connectivity index (χ2n) is 9.93. The topological polar surface area (TPSA) is 81.2 Å². The fourth-order valence-electron chi connectivity index (χ4n) is 6.19. The standard InChI is InChI=1S/C25H39N3O4S/c1-7-12-26(13-8-2)21(30)18-19-22(31)28(15-16-29)20(23(32)27(14-9-3)17(4)5)25(19)11-10-24(18,6)33-25/h7,9,17-20,29H,1,3,8,10-16H2,2,4-6H3/t18-,19-,20?,24+,25?/m0/s1. The maximum absolute atomic E-state index is 13.9. The van der Waals surface area contributed by atoms with E-state index in [4.69, 9.17) is 0 Å². The van der Waals surface area contributed by atoms with E-state index >= 15 is 0 Å². The van der Waals surface area contributed by atoms with Gasteiger partial charge in [-0.1, -0.05) is 19.1 Å². The summed E-state index contributed by atoms with van der Waals surface area (Å²) in [7, 11) is 0. The summed E-state index contributed by atoms with van der Waals surface area (Å²) in [6, 6.07) is -0.741. The van der Waals surface area contributed by atoms with Crippen LogP contribution in [-0.4, -0.2) is 91.9 Å². The molecule has 3 aliphatic heterocycles. The van der Waals surface area contributed by atoms with Gasteiger partial charge in [-0.25, -0.2) is 0 Å². The average Bonchev–Trinajstić information content (AvgIpc) is 3.32. The van der Waals surface area contributed by atoms with Crippen LogP contribution in [0.25, 0.3) is 0 Å². The second-order valence-corrected chi connectivity index (χ2v) is 11.8. The summed E-state index contributed by atoms with van der Waals surface area (Å²) in [5.41, 5.74) is 0. The van der Waals surface area contributed by atoms with Crippen molar-refractivity contribution in [1.29, 1.82) is 0 Å². The van der Waals surface area contributed by atoms with E-state index in [0.29, 0.717) is 26.1 Å². The highest BCUT2D eigenvalue weighted by molar-refractivity contribution is 8.02. The Kier molecular flexibility index (Phi) is 7.68. The molecule has 3 amide bonds. The third-order valence-electron chi connectivity index (χ3n) is 7.50. The zero-order valence-corrected chi connectivity index (χ0v) is 21.3. The van der Waals surface area contributed by atoms with Crippen molar-refractivity contribution >= 4 is 29.5 Å². The minimum atomic E-state index is -0.687. The van der Waals surface area contributed by atoms with E-state index in [0.717, 1.165) is 12.8 Å². The van der Waals surface area contributed by atoms with Crippen LogP contribution in [0.5, 0.6) is 0 Å². The van der Waals surface area contributed by atoms with Gasteiger partial charge in [0.15, 0.2) is 0 Å². The Morgan fingerprint density at radius 1 is 1.24 bits per heavy atom. The number of amides is 3. The Hall–Kier alpha value is -1.80. The molecule has 184 valence electrons. The summed E-state index contributed by atoms with van der Waals surface area (Å²) in [6.45, 7) is 16.9. The number of carbonyl (C=O) groups is 3. The number of hydrogen-bond acceptors (Lipinski definition) is 5. The Bertz CT molecular complexity index is 817.